The predicted octanol–water partition coefficient (Wildman–Crippen LogP) is 1.49. The van der Waals surface area contributed by atoms with E-state index in [2.05, 4.69) is 0 Å². The SMILES string of the molecule is CC(=O)Cc1ccc(CN(CC(=O)O)[C@@H]2CCCC[C@H]2N(CC(=O)O)CC(=O)O)cc1. The maximum Gasteiger partial charge on any atom is 0.317 e. The summed E-state index contributed by atoms with van der Waals surface area (Å²) < 4.78 is 0. The second kappa shape index (κ2) is 11.6. The highest BCUT2D eigenvalue weighted by Gasteiger charge is 2.36. The molecular formula is C22H30N2O7. The fourth-order valence-corrected chi connectivity index (χ4v) is 4.33. The van der Waals surface area contributed by atoms with E-state index in [1.54, 1.807) is 4.90 Å². The molecule has 0 saturated heterocycles. The Kier molecular flexibility index (Phi) is 9.14. The van der Waals surface area contributed by atoms with E-state index in [0.29, 0.717) is 25.8 Å². The summed E-state index contributed by atoms with van der Waals surface area (Å²) in [4.78, 5) is 48.7. The first-order valence-electron chi connectivity index (χ1n) is 10.4. The molecule has 170 valence electrons. The fourth-order valence-electron chi connectivity index (χ4n) is 4.33. The molecule has 31 heavy (non-hydrogen) atoms. The van der Waals surface area contributed by atoms with Gasteiger partial charge in [0.05, 0.1) is 19.6 Å². The number of Topliss-reactive ketones (excluding diaryl/α,β-unsaturated/α-hetero) is 1. The van der Waals surface area contributed by atoms with Gasteiger partial charge in [-0.3, -0.25) is 29.0 Å². The molecule has 1 saturated carbocycles. The van der Waals surface area contributed by atoms with E-state index < -0.39 is 31.0 Å². The summed E-state index contributed by atoms with van der Waals surface area (Å²) in [5.41, 5.74) is 1.76. The van der Waals surface area contributed by atoms with E-state index in [1.165, 1.54) is 11.8 Å². The van der Waals surface area contributed by atoms with E-state index in [9.17, 15) is 34.5 Å². The average molecular weight is 434 g/mol. The summed E-state index contributed by atoms with van der Waals surface area (Å²) >= 11 is 0. The minimum absolute atomic E-state index is 0.0576. The van der Waals surface area contributed by atoms with Crippen LogP contribution in [0.25, 0.3) is 0 Å². The van der Waals surface area contributed by atoms with Crippen LogP contribution in [0.5, 0.6) is 0 Å². The van der Waals surface area contributed by atoms with Crippen LogP contribution in [0.3, 0.4) is 0 Å². The van der Waals surface area contributed by atoms with Gasteiger partial charge in [0, 0.05) is 25.0 Å². The lowest BCUT2D eigenvalue weighted by Crippen LogP contribution is -2.56. The normalized spacial score (nSPS) is 18.8. The van der Waals surface area contributed by atoms with Crippen LogP contribution in [0.15, 0.2) is 24.3 Å². The maximum atomic E-state index is 11.6. The van der Waals surface area contributed by atoms with Gasteiger partial charge in [0.25, 0.3) is 0 Å². The van der Waals surface area contributed by atoms with Crippen molar-refractivity contribution >= 4 is 23.7 Å². The fraction of sp³-hybridized carbons (Fsp3) is 0.545. The first kappa shape index (κ1) is 24.5. The number of hydrogen-bond donors (Lipinski definition) is 3. The molecule has 0 bridgehead atoms. The summed E-state index contributed by atoms with van der Waals surface area (Å²) in [6.07, 6.45) is 3.30. The molecule has 1 aromatic carbocycles. The highest BCUT2D eigenvalue weighted by molar-refractivity contribution is 5.78. The zero-order valence-corrected chi connectivity index (χ0v) is 17.7. The van der Waals surface area contributed by atoms with Gasteiger partial charge in [0.1, 0.15) is 5.78 Å². The van der Waals surface area contributed by atoms with E-state index >= 15 is 0 Å². The van der Waals surface area contributed by atoms with Crippen LogP contribution in [0.2, 0.25) is 0 Å². The second-order valence-electron chi connectivity index (χ2n) is 8.11. The smallest absolute Gasteiger partial charge is 0.317 e. The number of aliphatic carboxylic acids is 3. The highest BCUT2D eigenvalue weighted by atomic mass is 16.4. The molecular weight excluding hydrogens is 404 g/mol. The molecule has 0 aromatic heterocycles. The highest BCUT2D eigenvalue weighted by Crippen LogP contribution is 2.28. The molecule has 1 fully saturated rings. The number of nitrogens with zero attached hydrogens (tertiary/aromatic N) is 2. The van der Waals surface area contributed by atoms with Crippen LogP contribution in [0, 0.1) is 0 Å². The van der Waals surface area contributed by atoms with Gasteiger partial charge in [-0.1, -0.05) is 37.1 Å². The average Bonchev–Trinajstić information content (AvgIpc) is 2.67. The second-order valence-corrected chi connectivity index (χ2v) is 8.11. The minimum atomic E-state index is -1.11. The Labute approximate surface area is 181 Å². The predicted molar refractivity (Wildman–Crippen MR) is 112 cm³/mol. The summed E-state index contributed by atoms with van der Waals surface area (Å²) in [5.74, 6) is -3.17. The van der Waals surface area contributed by atoms with Crippen LogP contribution in [0.1, 0.15) is 43.7 Å². The van der Waals surface area contributed by atoms with Crippen molar-refractivity contribution in [3.05, 3.63) is 35.4 Å². The Morgan fingerprint density at radius 3 is 1.65 bits per heavy atom. The minimum Gasteiger partial charge on any atom is -0.480 e. The molecule has 0 heterocycles. The number of benzene rings is 1. The summed E-state index contributed by atoms with van der Waals surface area (Å²) in [7, 11) is 0. The first-order valence-corrected chi connectivity index (χ1v) is 10.4. The molecule has 1 aromatic rings. The van der Waals surface area contributed by atoms with Gasteiger partial charge in [-0.2, -0.15) is 0 Å². The number of ketones is 1. The number of carboxylic acids is 3. The Bertz CT molecular complexity index is 778. The molecule has 1 aliphatic carbocycles. The number of carboxylic acid groups (broad SMARTS) is 3. The van der Waals surface area contributed by atoms with E-state index in [-0.39, 0.29) is 24.4 Å². The monoisotopic (exact) mass is 434 g/mol. The molecule has 2 rings (SSSR count). The topological polar surface area (TPSA) is 135 Å². The lowest BCUT2D eigenvalue weighted by molar-refractivity contribution is -0.146. The molecule has 2 atom stereocenters. The molecule has 9 nitrogen and oxygen atoms in total. The van der Waals surface area contributed by atoms with Crippen molar-refractivity contribution in [2.75, 3.05) is 19.6 Å². The van der Waals surface area contributed by atoms with Crippen molar-refractivity contribution in [3.8, 4) is 0 Å². The summed E-state index contributed by atoms with van der Waals surface area (Å²) in [6.45, 7) is 0.806. The molecule has 3 N–H and O–H groups in total. The van der Waals surface area contributed by atoms with Gasteiger partial charge in [-0.05, 0) is 30.9 Å². The quantitative estimate of drug-likeness (QED) is 0.447. The van der Waals surface area contributed by atoms with Gasteiger partial charge in [-0.25, -0.2) is 0 Å². The number of rotatable bonds is 12. The number of carbonyl (C=O) groups excluding carboxylic acids is 1. The maximum absolute atomic E-state index is 11.6. The Balaban J connectivity index is 2.25. The van der Waals surface area contributed by atoms with E-state index in [4.69, 9.17) is 0 Å². The third-order valence-electron chi connectivity index (χ3n) is 5.51. The Morgan fingerprint density at radius 2 is 1.19 bits per heavy atom. The first-order chi connectivity index (χ1) is 14.7. The van der Waals surface area contributed by atoms with Crippen LogP contribution in [0.4, 0.5) is 0 Å². The van der Waals surface area contributed by atoms with Crippen molar-refractivity contribution in [1.82, 2.24) is 9.80 Å². The number of hydrogen-bond acceptors (Lipinski definition) is 6. The number of carbonyl (C=O) groups is 4. The van der Waals surface area contributed by atoms with Crippen LogP contribution < -0.4 is 0 Å². The third-order valence-corrected chi connectivity index (χ3v) is 5.51. The Morgan fingerprint density at radius 1 is 0.774 bits per heavy atom. The largest absolute Gasteiger partial charge is 0.480 e. The van der Waals surface area contributed by atoms with Crippen molar-refractivity contribution in [2.24, 2.45) is 0 Å². The van der Waals surface area contributed by atoms with Gasteiger partial charge in [-0.15, -0.1) is 0 Å². The lowest BCUT2D eigenvalue weighted by atomic mass is 9.87. The molecule has 0 unspecified atom stereocenters. The lowest BCUT2D eigenvalue weighted by Gasteiger charge is -2.44. The third kappa shape index (κ3) is 8.10. The van der Waals surface area contributed by atoms with Crippen LogP contribution in [-0.2, 0) is 32.1 Å². The molecule has 0 spiro atoms. The zero-order valence-electron chi connectivity index (χ0n) is 17.7. The molecule has 0 radical (unpaired) electrons. The molecule has 1 aliphatic rings. The summed E-state index contributed by atoms with van der Waals surface area (Å²) in [5, 5.41) is 28.0. The van der Waals surface area contributed by atoms with Gasteiger partial charge >= 0.3 is 17.9 Å². The van der Waals surface area contributed by atoms with Crippen molar-refractivity contribution in [1.29, 1.82) is 0 Å². The molecule has 0 amide bonds. The van der Waals surface area contributed by atoms with Crippen molar-refractivity contribution in [3.63, 3.8) is 0 Å². The Hall–Kier alpha value is -2.78. The van der Waals surface area contributed by atoms with Gasteiger partial charge in [0.2, 0.25) is 0 Å². The van der Waals surface area contributed by atoms with E-state index in [1.807, 2.05) is 24.3 Å². The van der Waals surface area contributed by atoms with Gasteiger partial charge in [0.15, 0.2) is 0 Å². The molecule has 0 aliphatic heterocycles. The van der Waals surface area contributed by atoms with Crippen LogP contribution >= 0.6 is 0 Å². The zero-order chi connectivity index (χ0) is 23.0. The van der Waals surface area contributed by atoms with E-state index in [0.717, 1.165) is 24.0 Å². The van der Waals surface area contributed by atoms with Gasteiger partial charge < -0.3 is 15.3 Å². The summed E-state index contributed by atoms with van der Waals surface area (Å²) in [6, 6.07) is 6.76. The molecule has 9 heteroatoms. The van der Waals surface area contributed by atoms with Crippen molar-refractivity contribution in [2.45, 2.75) is 57.7 Å². The standard InChI is InChI=1S/C22H30N2O7/c1-15(25)10-16-6-8-17(9-7-16)11-23(12-20(26)27)18-4-2-3-5-19(18)24(13-21(28)29)14-22(30)31/h6-9,18-19H,2-5,10-14H2,1H3,(H,26,27)(H,28,29)(H,30,31)/t18-,19-/m1/s1. The van der Waals surface area contributed by atoms with Crippen molar-refractivity contribution < 1.29 is 34.5 Å². The van der Waals surface area contributed by atoms with Crippen LogP contribution in [-0.4, -0.2) is 80.5 Å².